The minimum absolute atomic E-state index is 0.165. The highest BCUT2D eigenvalue weighted by molar-refractivity contribution is 5.89. The molecule has 1 amide bonds. The molecule has 7 heteroatoms. The zero-order valence-electron chi connectivity index (χ0n) is 16.7. The van der Waals surface area contributed by atoms with E-state index in [-0.39, 0.29) is 18.9 Å². The van der Waals surface area contributed by atoms with E-state index in [0.717, 1.165) is 5.56 Å². The Balaban J connectivity index is 2.15. The van der Waals surface area contributed by atoms with Crippen molar-refractivity contribution >= 4 is 11.9 Å². The summed E-state index contributed by atoms with van der Waals surface area (Å²) in [7, 11) is 3.16. The predicted molar refractivity (Wildman–Crippen MR) is 104 cm³/mol. The number of carbonyl (C=O) groups is 2. The topological polar surface area (TPSA) is 86.8 Å². The van der Waals surface area contributed by atoms with Crippen LogP contribution >= 0.6 is 0 Å². The summed E-state index contributed by atoms with van der Waals surface area (Å²) in [6.45, 7) is 3.55. The first kappa shape index (κ1) is 21.2. The predicted octanol–water partition coefficient (Wildman–Crippen LogP) is 2.63. The van der Waals surface area contributed by atoms with Crippen molar-refractivity contribution in [3.63, 3.8) is 0 Å². The molecule has 0 aliphatic rings. The number of aromatic nitrogens is 1. The Morgan fingerprint density at radius 3 is 2.57 bits per heavy atom. The van der Waals surface area contributed by atoms with Crippen LogP contribution in [0.25, 0.3) is 0 Å². The van der Waals surface area contributed by atoms with Gasteiger partial charge < -0.3 is 19.5 Å². The molecule has 0 fully saturated rings. The Bertz CT molecular complexity index is 810. The maximum absolute atomic E-state index is 12.7. The molecule has 0 unspecified atom stereocenters. The molecule has 0 saturated heterocycles. The fourth-order valence-electron chi connectivity index (χ4n) is 2.84. The average Bonchev–Trinajstić information content (AvgIpc) is 2.72. The highest BCUT2D eigenvalue weighted by Crippen LogP contribution is 2.26. The molecular weight excluding hydrogens is 360 g/mol. The van der Waals surface area contributed by atoms with Crippen LogP contribution in [0.15, 0.2) is 42.7 Å². The Morgan fingerprint density at radius 2 is 1.96 bits per heavy atom. The Labute approximate surface area is 165 Å². The normalized spacial score (nSPS) is 12.6. The SMILES string of the molecule is CCOC(=O)[C@](C)(NC(=O)CCc1cc(OC)ccc1OC)c1cccnc1. The molecule has 0 saturated carbocycles. The smallest absolute Gasteiger partial charge is 0.336 e. The third kappa shape index (κ3) is 5.00. The summed E-state index contributed by atoms with van der Waals surface area (Å²) in [6, 6.07) is 8.86. The number of hydrogen-bond acceptors (Lipinski definition) is 6. The summed E-state index contributed by atoms with van der Waals surface area (Å²) in [4.78, 5) is 29.3. The quantitative estimate of drug-likeness (QED) is 0.667. The summed E-state index contributed by atoms with van der Waals surface area (Å²) in [5.74, 6) is 0.538. The first-order valence-electron chi connectivity index (χ1n) is 9.04. The van der Waals surface area contributed by atoms with Crippen molar-refractivity contribution in [2.75, 3.05) is 20.8 Å². The van der Waals surface area contributed by atoms with Gasteiger partial charge in [-0.05, 0) is 50.1 Å². The zero-order valence-corrected chi connectivity index (χ0v) is 16.7. The lowest BCUT2D eigenvalue weighted by molar-refractivity contribution is -0.153. The van der Waals surface area contributed by atoms with Gasteiger partial charge in [-0.1, -0.05) is 6.07 Å². The number of pyridine rings is 1. The van der Waals surface area contributed by atoms with Gasteiger partial charge in [-0.15, -0.1) is 0 Å². The molecule has 0 bridgehead atoms. The third-order valence-corrected chi connectivity index (χ3v) is 4.42. The molecule has 1 atom stereocenters. The summed E-state index contributed by atoms with van der Waals surface area (Å²) in [5, 5.41) is 2.81. The molecule has 0 radical (unpaired) electrons. The Kier molecular flexibility index (Phi) is 7.37. The van der Waals surface area contributed by atoms with Gasteiger partial charge in [0.15, 0.2) is 5.54 Å². The lowest BCUT2D eigenvalue weighted by atomic mass is 9.93. The monoisotopic (exact) mass is 386 g/mol. The summed E-state index contributed by atoms with van der Waals surface area (Å²) < 4.78 is 15.8. The van der Waals surface area contributed by atoms with Gasteiger partial charge in [0.05, 0.1) is 20.8 Å². The molecule has 2 rings (SSSR count). The number of amides is 1. The highest BCUT2D eigenvalue weighted by atomic mass is 16.5. The van der Waals surface area contributed by atoms with Gasteiger partial charge in [0.1, 0.15) is 11.5 Å². The maximum atomic E-state index is 12.7. The second kappa shape index (κ2) is 9.73. The third-order valence-electron chi connectivity index (χ3n) is 4.42. The molecule has 1 aromatic carbocycles. The van der Waals surface area contributed by atoms with Crippen LogP contribution in [0.1, 0.15) is 31.4 Å². The highest BCUT2D eigenvalue weighted by Gasteiger charge is 2.38. The fourth-order valence-corrected chi connectivity index (χ4v) is 2.84. The van der Waals surface area contributed by atoms with E-state index in [0.29, 0.717) is 23.5 Å². The minimum atomic E-state index is -1.32. The molecule has 0 aliphatic carbocycles. The average molecular weight is 386 g/mol. The molecule has 1 N–H and O–H groups in total. The number of rotatable bonds is 9. The molecule has 0 aliphatic heterocycles. The second-order valence-electron chi connectivity index (χ2n) is 6.31. The van der Waals surface area contributed by atoms with Gasteiger partial charge in [0.25, 0.3) is 0 Å². The first-order chi connectivity index (χ1) is 13.4. The van der Waals surface area contributed by atoms with Gasteiger partial charge in [-0.2, -0.15) is 0 Å². The largest absolute Gasteiger partial charge is 0.497 e. The number of nitrogens with zero attached hydrogens (tertiary/aromatic N) is 1. The van der Waals surface area contributed by atoms with Crippen molar-refractivity contribution in [1.82, 2.24) is 10.3 Å². The minimum Gasteiger partial charge on any atom is -0.497 e. The van der Waals surface area contributed by atoms with Crippen LogP contribution in [-0.2, 0) is 26.3 Å². The number of esters is 1. The Morgan fingerprint density at radius 1 is 1.18 bits per heavy atom. The van der Waals surface area contributed by atoms with E-state index in [2.05, 4.69) is 10.3 Å². The van der Waals surface area contributed by atoms with Crippen molar-refractivity contribution in [2.45, 2.75) is 32.2 Å². The fraction of sp³-hybridized carbons (Fsp3) is 0.381. The molecular formula is C21H26N2O5. The van der Waals surface area contributed by atoms with Crippen LogP contribution in [0.5, 0.6) is 11.5 Å². The summed E-state index contributed by atoms with van der Waals surface area (Å²) >= 11 is 0. The molecule has 7 nitrogen and oxygen atoms in total. The molecule has 28 heavy (non-hydrogen) atoms. The van der Waals surface area contributed by atoms with E-state index in [1.165, 1.54) is 0 Å². The number of ether oxygens (including phenoxy) is 3. The van der Waals surface area contributed by atoms with E-state index in [1.807, 2.05) is 6.07 Å². The van der Waals surface area contributed by atoms with Crippen molar-refractivity contribution in [2.24, 2.45) is 0 Å². The van der Waals surface area contributed by atoms with Crippen LogP contribution in [0, 0.1) is 0 Å². The lowest BCUT2D eigenvalue weighted by Gasteiger charge is -2.28. The van der Waals surface area contributed by atoms with Crippen molar-refractivity contribution in [3.05, 3.63) is 53.9 Å². The van der Waals surface area contributed by atoms with Crippen molar-refractivity contribution in [1.29, 1.82) is 0 Å². The molecule has 1 heterocycles. The molecule has 2 aromatic rings. The van der Waals surface area contributed by atoms with E-state index >= 15 is 0 Å². The first-order valence-corrected chi connectivity index (χ1v) is 9.04. The van der Waals surface area contributed by atoms with Gasteiger partial charge in [0.2, 0.25) is 5.91 Å². The number of carbonyl (C=O) groups excluding carboxylic acids is 2. The standard InChI is InChI=1S/C21H26N2O5/c1-5-28-20(25)21(2,16-7-6-12-22-14-16)23-19(24)11-8-15-13-17(26-3)9-10-18(15)27-4/h6-7,9-10,12-14H,5,8,11H2,1-4H3,(H,23,24)/t21-/m1/s1. The van der Waals surface area contributed by atoms with Crippen LogP contribution < -0.4 is 14.8 Å². The molecule has 150 valence electrons. The number of benzene rings is 1. The molecule has 1 aromatic heterocycles. The van der Waals surface area contributed by atoms with Crippen LogP contribution in [0.4, 0.5) is 0 Å². The zero-order chi connectivity index (χ0) is 20.6. The van der Waals surface area contributed by atoms with Crippen LogP contribution in [-0.4, -0.2) is 37.7 Å². The Hall–Kier alpha value is -3.09. The van der Waals surface area contributed by atoms with E-state index in [9.17, 15) is 9.59 Å². The lowest BCUT2D eigenvalue weighted by Crippen LogP contribution is -2.50. The number of methoxy groups -OCH3 is 2. The van der Waals surface area contributed by atoms with Crippen molar-refractivity contribution < 1.29 is 23.8 Å². The van der Waals surface area contributed by atoms with Crippen molar-refractivity contribution in [3.8, 4) is 11.5 Å². The number of aryl methyl sites for hydroxylation is 1. The van der Waals surface area contributed by atoms with Crippen LogP contribution in [0.2, 0.25) is 0 Å². The summed E-state index contributed by atoms with van der Waals surface area (Å²) in [6.07, 6.45) is 3.74. The molecule has 0 spiro atoms. The van der Waals surface area contributed by atoms with Gasteiger partial charge in [-0.3, -0.25) is 9.78 Å². The summed E-state index contributed by atoms with van der Waals surface area (Å²) in [5.41, 5.74) is 0.0804. The second-order valence-corrected chi connectivity index (χ2v) is 6.31. The maximum Gasteiger partial charge on any atom is 0.336 e. The van der Waals surface area contributed by atoms with Crippen LogP contribution in [0.3, 0.4) is 0 Å². The number of nitrogens with one attached hydrogen (secondary N) is 1. The van der Waals surface area contributed by atoms with E-state index in [4.69, 9.17) is 14.2 Å². The van der Waals surface area contributed by atoms with Gasteiger partial charge in [0, 0.05) is 24.4 Å². The van der Waals surface area contributed by atoms with E-state index < -0.39 is 11.5 Å². The van der Waals surface area contributed by atoms with Gasteiger partial charge >= 0.3 is 5.97 Å². The van der Waals surface area contributed by atoms with E-state index in [1.54, 1.807) is 64.7 Å². The number of hydrogen-bond donors (Lipinski definition) is 1. The van der Waals surface area contributed by atoms with Gasteiger partial charge in [-0.25, -0.2) is 4.79 Å².